The molecule has 0 saturated carbocycles. The van der Waals surface area contributed by atoms with Gasteiger partial charge in [0.25, 0.3) is 6.43 Å². The lowest BCUT2D eigenvalue weighted by molar-refractivity contribution is 0.156. The van der Waals surface area contributed by atoms with E-state index in [1.165, 1.54) is 0 Å². The molecule has 0 aliphatic carbocycles. The fourth-order valence-corrected chi connectivity index (χ4v) is 2.32. The summed E-state index contributed by atoms with van der Waals surface area (Å²) < 4.78 is 25.3. The molecule has 0 aliphatic heterocycles. The summed E-state index contributed by atoms with van der Waals surface area (Å²) in [4.78, 5) is 6.19. The lowest BCUT2D eigenvalue weighted by Gasteiger charge is -2.21. The Morgan fingerprint density at radius 3 is 2.76 bits per heavy atom. The van der Waals surface area contributed by atoms with Crippen molar-refractivity contribution in [1.82, 2.24) is 10.3 Å². The predicted octanol–water partition coefficient (Wildman–Crippen LogP) is 3.44. The summed E-state index contributed by atoms with van der Waals surface area (Å²) in [6.07, 6.45) is -1.31. The van der Waals surface area contributed by atoms with Gasteiger partial charge in [-0.25, -0.2) is 8.78 Å². The molecule has 2 aromatic rings. The number of pyridine rings is 1. The molecular weight excluding hydrogens is 272 g/mol. The van der Waals surface area contributed by atoms with Crippen molar-refractivity contribution in [3.63, 3.8) is 0 Å². The Hall–Kier alpha value is -1.75. The van der Waals surface area contributed by atoms with Gasteiger partial charge in [-0.05, 0) is 25.1 Å². The zero-order valence-electron chi connectivity index (χ0n) is 12.4. The number of fused-ring (bicyclic) bond motifs is 1. The maximum Gasteiger partial charge on any atom is 0.255 e. The van der Waals surface area contributed by atoms with E-state index in [-0.39, 0.29) is 6.54 Å². The van der Waals surface area contributed by atoms with Gasteiger partial charge in [-0.1, -0.05) is 25.1 Å². The Balaban J connectivity index is 2.35. The molecule has 1 aromatic heterocycles. The Morgan fingerprint density at radius 2 is 2.05 bits per heavy atom. The first-order valence-electron chi connectivity index (χ1n) is 7.20. The van der Waals surface area contributed by atoms with Crippen LogP contribution in [0.15, 0.2) is 30.3 Å². The minimum atomic E-state index is -2.36. The molecule has 0 atom stereocenters. The van der Waals surface area contributed by atoms with Crippen LogP contribution >= 0.6 is 0 Å². The monoisotopic (exact) mass is 293 g/mol. The first-order valence-corrected chi connectivity index (χ1v) is 7.20. The smallest absolute Gasteiger partial charge is 0.255 e. The van der Waals surface area contributed by atoms with Gasteiger partial charge in [-0.15, -0.1) is 0 Å². The van der Waals surface area contributed by atoms with Crippen LogP contribution in [0.3, 0.4) is 0 Å². The fourth-order valence-electron chi connectivity index (χ4n) is 2.32. The highest BCUT2D eigenvalue weighted by Crippen LogP contribution is 2.26. The molecule has 0 spiro atoms. The van der Waals surface area contributed by atoms with Crippen LogP contribution in [0.2, 0.25) is 0 Å². The third-order valence-corrected chi connectivity index (χ3v) is 3.30. The standard InChI is InChI=1S/C16H21F2N3/c1-3-8-19-10-12-9-15(21(2)11-16(17)18)13-6-4-5-7-14(13)20-12/h4-7,9,16,19H,3,8,10-11H2,1-2H3. The summed E-state index contributed by atoms with van der Waals surface area (Å²) in [6.45, 7) is 3.38. The highest BCUT2D eigenvalue weighted by atomic mass is 19.3. The van der Waals surface area contributed by atoms with E-state index in [0.717, 1.165) is 35.2 Å². The van der Waals surface area contributed by atoms with Crippen LogP contribution in [0.5, 0.6) is 0 Å². The second kappa shape index (κ2) is 7.31. The lowest BCUT2D eigenvalue weighted by Crippen LogP contribution is -2.25. The Bertz CT molecular complexity index is 587. The van der Waals surface area contributed by atoms with Crippen molar-refractivity contribution >= 4 is 16.6 Å². The molecule has 0 saturated heterocycles. The normalized spacial score (nSPS) is 11.3. The third-order valence-electron chi connectivity index (χ3n) is 3.30. The van der Waals surface area contributed by atoms with Crippen LogP contribution in [-0.2, 0) is 6.54 Å². The van der Waals surface area contributed by atoms with Crippen LogP contribution in [0, 0.1) is 0 Å². The van der Waals surface area contributed by atoms with E-state index in [1.807, 2.05) is 30.3 Å². The van der Waals surface area contributed by atoms with E-state index in [9.17, 15) is 8.78 Å². The summed E-state index contributed by atoms with van der Waals surface area (Å²) in [5.41, 5.74) is 2.51. The SMILES string of the molecule is CCCNCc1cc(N(C)CC(F)F)c2ccccc2n1. The topological polar surface area (TPSA) is 28.2 Å². The van der Waals surface area contributed by atoms with Gasteiger partial charge < -0.3 is 10.2 Å². The molecule has 1 N–H and O–H groups in total. The van der Waals surface area contributed by atoms with Gasteiger partial charge in [0, 0.05) is 24.7 Å². The second-order valence-corrected chi connectivity index (χ2v) is 5.10. The number of hydrogen-bond donors (Lipinski definition) is 1. The van der Waals surface area contributed by atoms with E-state index in [2.05, 4.69) is 17.2 Å². The van der Waals surface area contributed by atoms with E-state index < -0.39 is 6.43 Å². The molecule has 0 radical (unpaired) electrons. The van der Waals surface area contributed by atoms with Gasteiger partial charge in [0.05, 0.1) is 17.8 Å². The van der Waals surface area contributed by atoms with Crippen LogP contribution in [0.1, 0.15) is 19.0 Å². The van der Waals surface area contributed by atoms with Gasteiger partial charge >= 0.3 is 0 Å². The number of nitrogens with zero attached hydrogens (tertiary/aromatic N) is 2. The van der Waals surface area contributed by atoms with Crippen molar-refractivity contribution in [3.05, 3.63) is 36.0 Å². The number of para-hydroxylation sites is 1. The van der Waals surface area contributed by atoms with Crippen LogP contribution in [-0.4, -0.2) is 31.5 Å². The van der Waals surface area contributed by atoms with Crippen molar-refractivity contribution in [2.24, 2.45) is 0 Å². The summed E-state index contributed by atoms with van der Waals surface area (Å²) in [7, 11) is 1.69. The molecular formula is C16H21F2N3. The molecule has 1 aromatic carbocycles. The summed E-state index contributed by atoms with van der Waals surface area (Å²) in [5, 5.41) is 4.20. The van der Waals surface area contributed by atoms with Gasteiger partial charge in [-0.3, -0.25) is 4.98 Å². The van der Waals surface area contributed by atoms with Gasteiger partial charge in [0.2, 0.25) is 0 Å². The molecule has 1 heterocycles. The molecule has 2 rings (SSSR count). The molecule has 0 aliphatic rings. The maximum atomic E-state index is 12.7. The molecule has 0 amide bonds. The molecule has 0 fully saturated rings. The number of alkyl halides is 2. The number of rotatable bonds is 7. The van der Waals surface area contributed by atoms with E-state index in [0.29, 0.717) is 6.54 Å². The van der Waals surface area contributed by atoms with Gasteiger partial charge in [0.1, 0.15) is 0 Å². The van der Waals surface area contributed by atoms with Crippen molar-refractivity contribution in [2.45, 2.75) is 26.3 Å². The van der Waals surface area contributed by atoms with E-state index in [1.54, 1.807) is 11.9 Å². The largest absolute Gasteiger partial charge is 0.368 e. The second-order valence-electron chi connectivity index (χ2n) is 5.10. The maximum absolute atomic E-state index is 12.7. The molecule has 5 heteroatoms. The molecule has 0 unspecified atom stereocenters. The number of halogens is 2. The predicted molar refractivity (Wildman–Crippen MR) is 83.0 cm³/mol. The van der Waals surface area contributed by atoms with Crippen molar-refractivity contribution in [3.8, 4) is 0 Å². The number of hydrogen-bond acceptors (Lipinski definition) is 3. The van der Waals surface area contributed by atoms with Crippen LogP contribution in [0.25, 0.3) is 10.9 Å². The average molecular weight is 293 g/mol. The minimum absolute atomic E-state index is 0.282. The molecule has 21 heavy (non-hydrogen) atoms. The van der Waals surface area contributed by atoms with E-state index in [4.69, 9.17) is 0 Å². The summed E-state index contributed by atoms with van der Waals surface area (Å²) in [6, 6.07) is 9.54. The number of aromatic nitrogens is 1. The van der Waals surface area contributed by atoms with Gasteiger partial charge in [-0.2, -0.15) is 0 Å². The minimum Gasteiger partial charge on any atom is -0.368 e. The van der Waals surface area contributed by atoms with Crippen molar-refractivity contribution in [2.75, 3.05) is 25.0 Å². The zero-order chi connectivity index (χ0) is 15.2. The average Bonchev–Trinajstić information content (AvgIpc) is 2.46. The van der Waals surface area contributed by atoms with Crippen molar-refractivity contribution < 1.29 is 8.78 Å². The zero-order valence-corrected chi connectivity index (χ0v) is 12.4. The fraction of sp³-hybridized carbons (Fsp3) is 0.438. The quantitative estimate of drug-likeness (QED) is 0.793. The lowest BCUT2D eigenvalue weighted by atomic mass is 10.1. The Morgan fingerprint density at radius 1 is 1.29 bits per heavy atom. The third kappa shape index (κ3) is 4.11. The summed E-state index contributed by atoms with van der Waals surface area (Å²) in [5.74, 6) is 0. The van der Waals surface area contributed by atoms with E-state index >= 15 is 0 Å². The number of anilines is 1. The Labute approximate surface area is 124 Å². The molecule has 114 valence electrons. The number of benzene rings is 1. The summed E-state index contributed by atoms with van der Waals surface area (Å²) >= 11 is 0. The van der Waals surface area contributed by atoms with Crippen LogP contribution < -0.4 is 10.2 Å². The Kier molecular flexibility index (Phi) is 5.44. The highest BCUT2D eigenvalue weighted by molar-refractivity contribution is 5.91. The first-order chi connectivity index (χ1) is 10.1. The first kappa shape index (κ1) is 15.6. The number of nitrogens with one attached hydrogen (secondary N) is 1. The van der Waals surface area contributed by atoms with Crippen LogP contribution in [0.4, 0.5) is 14.5 Å². The molecule has 3 nitrogen and oxygen atoms in total. The van der Waals surface area contributed by atoms with Crippen molar-refractivity contribution in [1.29, 1.82) is 0 Å². The van der Waals surface area contributed by atoms with Gasteiger partial charge in [0.15, 0.2) is 0 Å². The highest BCUT2D eigenvalue weighted by Gasteiger charge is 2.13. The molecule has 0 bridgehead atoms.